The van der Waals surface area contributed by atoms with E-state index in [1.807, 2.05) is 19.0 Å². The van der Waals surface area contributed by atoms with Gasteiger partial charge in [-0.1, -0.05) is 0 Å². The van der Waals surface area contributed by atoms with E-state index in [-0.39, 0.29) is 25.0 Å². The van der Waals surface area contributed by atoms with Gasteiger partial charge in [0.25, 0.3) is 5.91 Å². The molecule has 0 aromatic carbocycles. The third-order valence-electron chi connectivity index (χ3n) is 2.93. The van der Waals surface area contributed by atoms with Gasteiger partial charge in [0.15, 0.2) is 0 Å². The van der Waals surface area contributed by atoms with Crippen molar-refractivity contribution in [2.75, 3.05) is 40.3 Å². The van der Waals surface area contributed by atoms with Crippen LogP contribution in [0.2, 0.25) is 0 Å². The van der Waals surface area contributed by atoms with Crippen molar-refractivity contribution in [3.05, 3.63) is 0 Å². The van der Waals surface area contributed by atoms with E-state index in [1.165, 1.54) is 0 Å². The van der Waals surface area contributed by atoms with Crippen molar-refractivity contribution < 1.29 is 19.4 Å². The number of carboxylic acids is 1. The normalized spacial score (nSPS) is 19.2. The Morgan fingerprint density at radius 1 is 1.28 bits per heavy atom. The number of ether oxygens (including phenoxy) is 1. The topological polar surface area (TPSA) is 70.1 Å². The molecule has 0 saturated carbocycles. The summed E-state index contributed by atoms with van der Waals surface area (Å²) >= 11 is 0. The van der Waals surface area contributed by atoms with Crippen LogP contribution >= 0.6 is 0 Å². The summed E-state index contributed by atoms with van der Waals surface area (Å²) in [6, 6.07) is 0. The number of hydrogen-bond acceptors (Lipinski definition) is 4. The largest absolute Gasteiger partial charge is 0.481 e. The first-order chi connectivity index (χ1) is 8.50. The van der Waals surface area contributed by atoms with Crippen LogP contribution in [0.5, 0.6) is 0 Å². The second-order valence-corrected chi connectivity index (χ2v) is 4.77. The number of carbonyl (C=O) groups excluding carboxylic acids is 1. The van der Waals surface area contributed by atoms with E-state index in [0.29, 0.717) is 13.2 Å². The number of aliphatic carboxylic acids is 1. The SMILES string of the molecule is CN(C)CCN(CCC(=O)O)C(=O)C1CCCO1. The average Bonchev–Trinajstić information content (AvgIpc) is 2.81. The highest BCUT2D eigenvalue weighted by molar-refractivity contribution is 5.81. The predicted molar refractivity (Wildman–Crippen MR) is 66.4 cm³/mol. The van der Waals surface area contributed by atoms with Gasteiger partial charge in [-0.3, -0.25) is 9.59 Å². The minimum absolute atomic E-state index is 0.0219. The highest BCUT2D eigenvalue weighted by atomic mass is 16.5. The summed E-state index contributed by atoms with van der Waals surface area (Å²) in [6.07, 6.45) is 1.24. The average molecular weight is 258 g/mol. The third-order valence-corrected chi connectivity index (χ3v) is 2.93. The Kier molecular flexibility index (Phi) is 6.07. The summed E-state index contributed by atoms with van der Waals surface area (Å²) in [4.78, 5) is 26.3. The van der Waals surface area contributed by atoms with Crippen molar-refractivity contribution in [1.82, 2.24) is 9.80 Å². The van der Waals surface area contributed by atoms with Gasteiger partial charge >= 0.3 is 5.97 Å². The molecule has 0 spiro atoms. The zero-order valence-corrected chi connectivity index (χ0v) is 11.1. The van der Waals surface area contributed by atoms with Gasteiger partial charge in [0.05, 0.1) is 6.42 Å². The molecular formula is C12H22N2O4. The molecule has 1 heterocycles. The molecule has 1 amide bonds. The Labute approximate surface area is 107 Å². The third kappa shape index (κ3) is 5.01. The van der Waals surface area contributed by atoms with Crippen molar-refractivity contribution in [3.8, 4) is 0 Å². The van der Waals surface area contributed by atoms with E-state index in [1.54, 1.807) is 4.90 Å². The van der Waals surface area contributed by atoms with Crippen LogP contribution in [-0.2, 0) is 14.3 Å². The van der Waals surface area contributed by atoms with Crippen LogP contribution in [0.3, 0.4) is 0 Å². The molecule has 0 aliphatic carbocycles. The van der Waals surface area contributed by atoms with Gasteiger partial charge in [-0.25, -0.2) is 0 Å². The molecule has 1 rings (SSSR count). The van der Waals surface area contributed by atoms with E-state index < -0.39 is 5.97 Å². The molecule has 1 unspecified atom stereocenters. The Morgan fingerprint density at radius 3 is 2.50 bits per heavy atom. The zero-order valence-electron chi connectivity index (χ0n) is 11.1. The Balaban J connectivity index is 2.50. The smallest absolute Gasteiger partial charge is 0.305 e. The molecule has 6 nitrogen and oxygen atoms in total. The molecule has 0 bridgehead atoms. The molecule has 104 valence electrons. The number of rotatable bonds is 7. The predicted octanol–water partition coefficient (Wildman–Crippen LogP) is 0.0303. The second-order valence-electron chi connectivity index (χ2n) is 4.77. The van der Waals surface area contributed by atoms with Gasteiger partial charge in [-0.15, -0.1) is 0 Å². The molecule has 0 aromatic rings. The van der Waals surface area contributed by atoms with Crippen LogP contribution in [0.15, 0.2) is 0 Å². The highest BCUT2D eigenvalue weighted by Crippen LogP contribution is 2.15. The number of amides is 1. The van der Waals surface area contributed by atoms with Crippen LogP contribution in [-0.4, -0.2) is 73.2 Å². The van der Waals surface area contributed by atoms with Crippen molar-refractivity contribution in [3.63, 3.8) is 0 Å². The van der Waals surface area contributed by atoms with E-state index in [2.05, 4.69) is 0 Å². The molecule has 1 aliphatic heterocycles. The fourth-order valence-electron chi connectivity index (χ4n) is 1.86. The van der Waals surface area contributed by atoms with Crippen molar-refractivity contribution in [1.29, 1.82) is 0 Å². The Hall–Kier alpha value is -1.14. The van der Waals surface area contributed by atoms with Crippen molar-refractivity contribution >= 4 is 11.9 Å². The monoisotopic (exact) mass is 258 g/mol. The van der Waals surface area contributed by atoms with Crippen LogP contribution < -0.4 is 0 Å². The van der Waals surface area contributed by atoms with E-state index in [0.717, 1.165) is 19.4 Å². The molecule has 1 N–H and O–H groups in total. The van der Waals surface area contributed by atoms with Crippen LogP contribution in [0.25, 0.3) is 0 Å². The number of likely N-dealkylation sites (N-methyl/N-ethyl adjacent to an activating group) is 1. The lowest BCUT2D eigenvalue weighted by molar-refractivity contribution is -0.143. The maximum absolute atomic E-state index is 12.2. The molecule has 1 fully saturated rings. The first-order valence-corrected chi connectivity index (χ1v) is 6.27. The lowest BCUT2D eigenvalue weighted by Crippen LogP contribution is -2.43. The van der Waals surface area contributed by atoms with Gasteiger partial charge in [0, 0.05) is 26.2 Å². The van der Waals surface area contributed by atoms with Crippen molar-refractivity contribution in [2.45, 2.75) is 25.4 Å². The summed E-state index contributed by atoms with van der Waals surface area (Å²) in [7, 11) is 3.85. The lowest BCUT2D eigenvalue weighted by atomic mass is 10.2. The minimum atomic E-state index is -0.884. The molecule has 0 aromatic heterocycles. The molecule has 6 heteroatoms. The molecule has 18 heavy (non-hydrogen) atoms. The summed E-state index contributed by atoms with van der Waals surface area (Å²) in [6.45, 7) is 2.13. The number of hydrogen-bond donors (Lipinski definition) is 1. The number of carboxylic acid groups (broad SMARTS) is 1. The van der Waals surface area contributed by atoms with Crippen LogP contribution in [0.1, 0.15) is 19.3 Å². The van der Waals surface area contributed by atoms with Gasteiger partial charge in [-0.05, 0) is 26.9 Å². The zero-order chi connectivity index (χ0) is 13.5. The Bertz CT molecular complexity index is 288. The highest BCUT2D eigenvalue weighted by Gasteiger charge is 2.28. The van der Waals surface area contributed by atoms with Gasteiger partial charge in [0.1, 0.15) is 6.10 Å². The molecule has 1 aliphatic rings. The van der Waals surface area contributed by atoms with E-state index >= 15 is 0 Å². The summed E-state index contributed by atoms with van der Waals surface area (Å²) in [5.74, 6) is -0.958. The van der Waals surface area contributed by atoms with Gasteiger partial charge in [-0.2, -0.15) is 0 Å². The minimum Gasteiger partial charge on any atom is -0.481 e. The molecule has 1 saturated heterocycles. The maximum Gasteiger partial charge on any atom is 0.305 e. The molecule has 1 atom stereocenters. The van der Waals surface area contributed by atoms with Gasteiger partial charge in [0.2, 0.25) is 0 Å². The fraction of sp³-hybridized carbons (Fsp3) is 0.833. The summed E-state index contributed by atoms with van der Waals surface area (Å²) < 4.78 is 5.36. The quantitative estimate of drug-likeness (QED) is 0.697. The molecular weight excluding hydrogens is 236 g/mol. The van der Waals surface area contributed by atoms with Crippen molar-refractivity contribution in [2.24, 2.45) is 0 Å². The van der Waals surface area contributed by atoms with Crippen LogP contribution in [0, 0.1) is 0 Å². The van der Waals surface area contributed by atoms with Crippen LogP contribution in [0.4, 0.5) is 0 Å². The second kappa shape index (κ2) is 7.33. The first-order valence-electron chi connectivity index (χ1n) is 6.27. The summed E-state index contributed by atoms with van der Waals surface area (Å²) in [5, 5.41) is 8.71. The Morgan fingerprint density at radius 2 is 2.00 bits per heavy atom. The maximum atomic E-state index is 12.2. The molecule has 0 radical (unpaired) electrons. The number of carbonyl (C=O) groups is 2. The van der Waals surface area contributed by atoms with E-state index in [9.17, 15) is 9.59 Å². The standard InChI is InChI=1S/C12H22N2O4/c1-13(2)7-8-14(6-5-11(15)16)12(17)10-4-3-9-18-10/h10H,3-9H2,1-2H3,(H,15,16). The van der Waals surface area contributed by atoms with E-state index in [4.69, 9.17) is 9.84 Å². The lowest BCUT2D eigenvalue weighted by Gasteiger charge is -2.26. The summed E-state index contributed by atoms with van der Waals surface area (Å²) in [5.41, 5.74) is 0. The fourth-order valence-corrected chi connectivity index (χ4v) is 1.86. The first kappa shape index (κ1) is 14.9. The number of nitrogens with zero attached hydrogens (tertiary/aromatic N) is 2. The van der Waals surface area contributed by atoms with Gasteiger partial charge < -0.3 is 19.6 Å².